The number of rotatable bonds is 6. The van der Waals surface area contributed by atoms with E-state index in [1.807, 2.05) is 49.4 Å². The SMILES string of the molecule is C=CC(=O)Nc1ccc(-c2cccc(C(C)C(=O)NC3NNC4CCCCC43)c2)cc1. The summed E-state index contributed by atoms with van der Waals surface area (Å²) in [5.74, 6) is -0.00174. The van der Waals surface area contributed by atoms with Crippen LogP contribution in [0.4, 0.5) is 5.69 Å². The Morgan fingerprint density at radius 1 is 1.06 bits per heavy atom. The van der Waals surface area contributed by atoms with Crippen LogP contribution in [-0.4, -0.2) is 24.0 Å². The van der Waals surface area contributed by atoms with Gasteiger partial charge in [0, 0.05) is 17.6 Å². The van der Waals surface area contributed by atoms with E-state index in [1.165, 1.54) is 18.9 Å². The standard InChI is InChI=1S/C25H30N4O2/c1-3-23(30)26-20-13-11-17(12-14-20)19-8-6-7-18(15-19)16(2)25(31)27-24-21-9-4-5-10-22(21)28-29-24/h3,6-8,11-16,21-22,24,28-29H,1,4-5,9-10H2,2H3,(H,26,30)(H,27,31). The summed E-state index contributed by atoms with van der Waals surface area (Å²) in [4.78, 5) is 24.4. The maximum Gasteiger partial charge on any atom is 0.247 e. The number of anilines is 1. The van der Waals surface area contributed by atoms with Gasteiger partial charge in [0.2, 0.25) is 11.8 Å². The van der Waals surface area contributed by atoms with Crippen LogP contribution in [0.25, 0.3) is 11.1 Å². The fraction of sp³-hybridized carbons (Fsp3) is 0.360. The Kier molecular flexibility index (Phi) is 6.49. The molecular formula is C25H30N4O2. The van der Waals surface area contributed by atoms with Gasteiger partial charge < -0.3 is 10.6 Å². The molecule has 0 bridgehead atoms. The lowest BCUT2D eigenvalue weighted by Gasteiger charge is -2.28. The van der Waals surface area contributed by atoms with Gasteiger partial charge in [0.25, 0.3) is 0 Å². The number of nitrogens with one attached hydrogen (secondary N) is 4. The van der Waals surface area contributed by atoms with Gasteiger partial charge in [-0.05, 0) is 54.7 Å². The first-order valence-electron chi connectivity index (χ1n) is 11.0. The lowest BCUT2D eigenvalue weighted by Crippen LogP contribution is -2.48. The van der Waals surface area contributed by atoms with Gasteiger partial charge in [-0.2, -0.15) is 0 Å². The largest absolute Gasteiger partial charge is 0.339 e. The molecule has 1 saturated carbocycles. The van der Waals surface area contributed by atoms with Crippen LogP contribution in [0.15, 0.2) is 61.2 Å². The van der Waals surface area contributed by atoms with Gasteiger partial charge >= 0.3 is 0 Å². The highest BCUT2D eigenvalue weighted by Crippen LogP contribution is 2.30. The number of carbonyl (C=O) groups excluding carboxylic acids is 2. The van der Waals surface area contributed by atoms with E-state index in [9.17, 15) is 9.59 Å². The van der Waals surface area contributed by atoms with E-state index in [0.29, 0.717) is 12.0 Å². The average Bonchev–Trinajstić information content (AvgIpc) is 3.22. The Bertz CT molecular complexity index is 956. The number of fused-ring (bicyclic) bond motifs is 1. The zero-order valence-electron chi connectivity index (χ0n) is 17.9. The summed E-state index contributed by atoms with van der Waals surface area (Å²) < 4.78 is 0. The predicted octanol–water partition coefficient (Wildman–Crippen LogP) is 3.69. The number of hydrogen-bond acceptors (Lipinski definition) is 4. The monoisotopic (exact) mass is 418 g/mol. The third kappa shape index (κ3) is 4.86. The van der Waals surface area contributed by atoms with Crippen molar-refractivity contribution in [1.29, 1.82) is 0 Å². The Labute approximate surface area is 183 Å². The molecule has 4 atom stereocenters. The van der Waals surface area contributed by atoms with Crippen molar-refractivity contribution in [3.05, 3.63) is 66.7 Å². The van der Waals surface area contributed by atoms with Gasteiger partial charge in [-0.1, -0.05) is 55.8 Å². The highest BCUT2D eigenvalue weighted by Gasteiger charge is 2.38. The van der Waals surface area contributed by atoms with Crippen molar-refractivity contribution in [3.8, 4) is 11.1 Å². The van der Waals surface area contributed by atoms with Gasteiger partial charge in [0.05, 0.1) is 12.1 Å². The molecule has 162 valence electrons. The van der Waals surface area contributed by atoms with E-state index < -0.39 is 0 Å². The molecule has 1 heterocycles. The van der Waals surface area contributed by atoms with Crippen molar-refractivity contribution in [2.24, 2.45) is 5.92 Å². The predicted molar refractivity (Wildman–Crippen MR) is 123 cm³/mol. The third-order valence-electron chi connectivity index (χ3n) is 6.42. The minimum absolute atomic E-state index is 0.0123. The molecule has 6 nitrogen and oxygen atoms in total. The number of hydrazine groups is 1. The minimum Gasteiger partial charge on any atom is -0.339 e. The van der Waals surface area contributed by atoms with Crippen LogP contribution in [0.5, 0.6) is 0 Å². The van der Waals surface area contributed by atoms with Crippen LogP contribution in [-0.2, 0) is 9.59 Å². The van der Waals surface area contributed by atoms with Crippen molar-refractivity contribution in [1.82, 2.24) is 16.2 Å². The topological polar surface area (TPSA) is 82.3 Å². The van der Waals surface area contributed by atoms with Crippen LogP contribution in [0.3, 0.4) is 0 Å². The van der Waals surface area contributed by atoms with E-state index in [2.05, 4.69) is 34.1 Å². The summed E-state index contributed by atoms with van der Waals surface area (Å²) in [6.45, 7) is 5.41. The molecule has 2 aromatic carbocycles. The molecule has 0 aromatic heterocycles. The highest BCUT2D eigenvalue weighted by molar-refractivity contribution is 5.99. The second kappa shape index (κ2) is 9.45. The second-order valence-electron chi connectivity index (χ2n) is 8.45. The maximum absolute atomic E-state index is 13.0. The fourth-order valence-electron chi connectivity index (χ4n) is 4.54. The normalized spacial score (nSPS) is 23.5. The van der Waals surface area contributed by atoms with Gasteiger partial charge in [-0.15, -0.1) is 0 Å². The van der Waals surface area contributed by atoms with Crippen molar-refractivity contribution in [2.45, 2.75) is 50.7 Å². The summed E-state index contributed by atoms with van der Waals surface area (Å²) in [5.41, 5.74) is 10.4. The van der Waals surface area contributed by atoms with Crippen LogP contribution < -0.4 is 21.5 Å². The zero-order valence-corrected chi connectivity index (χ0v) is 17.9. The lowest BCUT2D eigenvalue weighted by atomic mass is 9.84. The van der Waals surface area contributed by atoms with E-state index in [-0.39, 0.29) is 23.9 Å². The highest BCUT2D eigenvalue weighted by atomic mass is 16.2. The van der Waals surface area contributed by atoms with Gasteiger partial charge in [-0.25, -0.2) is 5.43 Å². The Morgan fingerprint density at radius 3 is 2.61 bits per heavy atom. The number of benzene rings is 2. The van der Waals surface area contributed by atoms with Crippen molar-refractivity contribution in [2.75, 3.05) is 5.32 Å². The van der Waals surface area contributed by atoms with Gasteiger partial charge in [0.1, 0.15) is 0 Å². The van der Waals surface area contributed by atoms with Gasteiger partial charge in [0.15, 0.2) is 0 Å². The molecule has 2 aliphatic rings. The van der Waals surface area contributed by atoms with Crippen LogP contribution in [0, 0.1) is 5.92 Å². The first kappa shape index (κ1) is 21.3. The molecule has 6 heteroatoms. The number of hydrogen-bond donors (Lipinski definition) is 4. The molecule has 1 aliphatic heterocycles. The molecule has 4 rings (SSSR count). The van der Waals surface area contributed by atoms with Crippen molar-refractivity contribution >= 4 is 17.5 Å². The molecule has 0 spiro atoms. The fourth-order valence-corrected chi connectivity index (χ4v) is 4.54. The van der Waals surface area contributed by atoms with E-state index in [1.54, 1.807) is 0 Å². The number of carbonyl (C=O) groups is 2. The Balaban J connectivity index is 1.43. The second-order valence-corrected chi connectivity index (χ2v) is 8.45. The van der Waals surface area contributed by atoms with E-state index in [4.69, 9.17) is 0 Å². The summed E-state index contributed by atoms with van der Waals surface area (Å²) in [5, 5.41) is 5.95. The molecule has 2 aromatic rings. The molecule has 0 radical (unpaired) electrons. The summed E-state index contributed by atoms with van der Waals surface area (Å²) in [6, 6.07) is 16.2. The zero-order chi connectivity index (χ0) is 21.8. The minimum atomic E-state index is -0.254. The van der Waals surface area contributed by atoms with E-state index in [0.717, 1.165) is 35.2 Å². The van der Waals surface area contributed by atoms with Crippen molar-refractivity contribution < 1.29 is 9.59 Å². The summed E-state index contributed by atoms with van der Waals surface area (Å²) in [6.07, 6.45) is 6.02. The van der Waals surface area contributed by atoms with Crippen LogP contribution in [0.2, 0.25) is 0 Å². The first-order valence-corrected chi connectivity index (χ1v) is 11.0. The molecule has 2 fully saturated rings. The molecule has 2 amide bonds. The van der Waals surface area contributed by atoms with Crippen molar-refractivity contribution in [3.63, 3.8) is 0 Å². The maximum atomic E-state index is 13.0. The molecular weight excluding hydrogens is 388 g/mol. The first-order chi connectivity index (χ1) is 15.0. The Morgan fingerprint density at radius 2 is 1.84 bits per heavy atom. The summed E-state index contributed by atoms with van der Waals surface area (Å²) in [7, 11) is 0. The average molecular weight is 419 g/mol. The van der Waals surface area contributed by atoms with Crippen LogP contribution >= 0.6 is 0 Å². The molecule has 1 aliphatic carbocycles. The molecule has 31 heavy (non-hydrogen) atoms. The van der Waals surface area contributed by atoms with Gasteiger partial charge in [-0.3, -0.25) is 15.0 Å². The lowest BCUT2D eigenvalue weighted by molar-refractivity contribution is -0.123. The smallest absolute Gasteiger partial charge is 0.247 e. The molecule has 4 unspecified atom stereocenters. The van der Waals surface area contributed by atoms with Crippen LogP contribution in [0.1, 0.15) is 44.1 Å². The quantitative estimate of drug-likeness (QED) is 0.539. The third-order valence-corrected chi connectivity index (χ3v) is 6.42. The number of amides is 2. The summed E-state index contributed by atoms with van der Waals surface area (Å²) >= 11 is 0. The molecule has 1 saturated heterocycles. The Hall–Kier alpha value is -2.96. The van der Waals surface area contributed by atoms with E-state index >= 15 is 0 Å². The molecule has 4 N–H and O–H groups in total.